The smallest absolute Gasteiger partial charge is 0.198 e. The summed E-state index contributed by atoms with van der Waals surface area (Å²) in [6.45, 7) is 1.85. The predicted octanol–water partition coefficient (Wildman–Crippen LogP) is -0.0366. The van der Waals surface area contributed by atoms with Crippen molar-refractivity contribution in [2.75, 3.05) is 11.9 Å². The Morgan fingerprint density at radius 1 is 1.29 bits per heavy atom. The maximum Gasteiger partial charge on any atom is 0.198 e. The van der Waals surface area contributed by atoms with Crippen LogP contribution < -0.4 is 5.32 Å². The summed E-state index contributed by atoms with van der Waals surface area (Å²) in [7, 11) is 0. The number of hydrogen-bond acceptors (Lipinski definition) is 7. The maximum atomic E-state index is 12.7. The molecule has 8 heteroatoms. The highest BCUT2D eigenvalue weighted by Crippen LogP contribution is 2.39. The molecule has 0 bridgehead atoms. The number of aliphatic imine (C=N–C) groups is 1. The number of aromatic nitrogens is 2. The molecule has 6 atom stereocenters. The number of carbonyl (C=O) groups is 1. The van der Waals surface area contributed by atoms with Gasteiger partial charge in [0.15, 0.2) is 5.78 Å². The van der Waals surface area contributed by atoms with Gasteiger partial charge in [-0.25, -0.2) is 4.98 Å². The van der Waals surface area contributed by atoms with Gasteiger partial charge in [-0.3, -0.25) is 9.79 Å². The second-order valence-electron chi connectivity index (χ2n) is 7.12. The molecule has 1 aromatic heterocycles. The van der Waals surface area contributed by atoms with Crippen LogP contribution in [0.2, 0.25) is 0 Å². The zero-order valence-electron chi connectivity index (χ0n) is 13.5. The Balaban J connectivity index is 1.69. The molecular weight excluding hydrogens is 312 g/mol. The van der Waals surface area contributed by atoms with Gasteiger partial charge in [0.05, 0.1) is 24.6 Å². The molecule has 4 N–H and O–H groups in total. The molecule has 0 aromatic carbocycles. The van der Waals surface area contributed by atoms with Crippen LogP contribution in [0, 0.1) is 11.8 Å². The third-order valence-electron chi connectivity index (χ3n) is 5.44. The fourth-order valence-electron chi connectivity index (χ4n) is 4.16. The van der Waals surface area contributed by atoms with Crippen molar-refractivity contribution in [3.8, 4) is 0 Å². The van der Waals surface area contributed by atoms with Gasteiger partial charge < -0.3 is 25.2 Å². The molecule has 4 rings (SSSR count). The largest absolute Gasteiger partial charge is 0.396 e. The van der Waals surface area contributed by atoms with Crippen molar-refractivity contribution in [1.29, 1.82) is 0 Å². The van der Waals surface area contributed by atoms with Crippen molar-refractivity contribution in [1.82, 2.24) is 9.55 Å². The summed E-state index contributed by atoms with van der Waals surface area (Å²) >= 11 is 0. The molecular formula is C16H22N4O4. The number of hydrogen-bond donors (Lipinski definition) is 4. The number of carbonyl (C=O) groups excluding carboxylic acids is 1. The highest BCUT2D eigenvalue weighted by molar-refractivity contribution is 6.22. The quantitative estimate of drug-likeness (QED) is 0.602. The van der Waals surface area contributed by atoms with E-state index < -0.39 is 18.1 Å². The van der Waals surface area contributed by atoms with E-state index in [0.29, 0.717) is 36.6 Å². The zero-order chi connectivity index (χ0) is 17.0. The molecule has 1 saturated carbocycles. The first kappa shape index (κ1) is 15.7. The Bertz CT molecular complexity index is 700. The second kappa shape index (κ2) is 5.65. The zero-order valence-corrected chi connectivity index (χ0v) is 13.5. The van der Waals surface area contributed by atoms with Gasteiger partial charge in [0.25, 0.3) is 0 Å². The Kier molecular flexibility index (Phi) is 3.70. The average molecular weight is 334 g/mol. The number of Topliss-reactive ketones (excluding diaryl/α,β-unsaturated/α-hetero) is 1. The minimum atomic E-state index is -0.752. The van der Waals surface area contributed by atoms with Crippen molar-refractivity contribution in [2.45, 2.75) is 50.5 Å². The lowest BCUT2D eigenvalue weighted by atomic mass is 9.85. The summed E-state index contributed by atoms with van der Waals surface area (Å²) in [4.78, 5) is 21.5. The number of nitrogens with one attached hydrogen (secondary N) is 1. The fourth-order valence-corrected chi connectivity index (χ4v) is 4.16. The Hall–Kier alpha value is -1.77. The van der Waals surface area contributed by atoms with Crippen molar-refractivity contribution >= 4 is 17.4 Å². The van der Waals surface area contributed by atoms with Gasteiger partial charge in [-0.2, -0.15) is 0 Å². The van der Waals surface area contributed by atoms with E-state index in [2.05, 4.69) is 15.3 Å². The molecule has 1 fully saturated rings. The minimum Gasteiger partial charge on any atom is -0.396 e. The van der Waals surface area contributed by atoms with E-state index in [-0.39, 0.29) is 30.4 Å². The van der Waals surface area contributed by atoms with Gasteiger partial charge >= 0.3 is 0 Å². The molecule has 3 heterocycles. The van der Waals surface area contributed by atoms with Crippen LogP contribution in [0.1, 0.15) is 42.7 Å². The topological polar surface area (TPSA) is 120 Å². The molecule has 3 aliphatic rings. The van der Waals surface area contributed by atoms with Gasteiger partial charge in [0, 0.05) is 18.6 Å². The number of rotatable bonds is 2. The second-order valence-corrected chi connectivity index (χ2v) is 7.12. The van der Waals surface area contributed by atoms with Gasteiger partial charge in [-0.05, 0) is 26.2 Å². The molecule has 0 spiro atoms. The van der Waals surface area contributed by atoms with E-state index in [9.17, 15) is 20.1 Å². The number of aliphatic hydroxyl groups excluding tert-OH is 3. The van der Waals surface area contributed by atoms with E-state index in [1.807, 2.05) is 11.5 Å². The first-order valence-electron chi connectivity index (χ1n) is 8.42. The predicted molar refractivity (Wildman–Crippen MR) is 86.0 cm³/mol. The number of aliphatic hydroxyl groups is 3. The summed E-state index contributed by atoms with van der Waals surface area (Å²) in [6, 6.07) is -0.0756. The number of nitrogens with zero attached hydrogens (tertiary/aromatic N) is 3. The van der Waals surface area contributed by atoms with Crippen molar-refractivity contribution < 1.29 is 20.1 Å². The lowest BCUT2D eigenvalue weighted by Crippen LogP contribution is -2.47. The number of anilines is 1. The highest BCUT2D eigenvalue weighted by Gasteiger charge is 2.44. The lowest BCUT2D eigenvalue weighted by molar-refractivity contribution is 0.0732. The lowest BCUT2D eigenvalue weighted by Gasteiger charge is -2.34. The first-order valence-corrected chi connectivity index (χ1v) is 8.42. The van der Waals surface area contributed by atoms with Gasteiger partial charge in [0.2, 0.25) is 0 Å². The Morgan fingerprint density at radius 2 is 2.08 bits per heavy atom. The number of fused-ring (bicyclic) bond motifs is 2. The molecule has 0 radical (unpaired) electrons. The standard InChI is InChI=1S/C16H22N4O4/c1-7-2-11(23)12-14(24)13-16(19-15(12)18-7)20(6-17-13)9-3-8(5-21)10(22)4-9/h6-12,21-23H,2-5H2,1H3,(H,18,19)/t7?,8-,9-,10+,11?,12?/m1/s1. The van der Waals surface area contributed by atoms with Crippen molar-refractivity contribution in [3.05, 3.63) is 12.0 Å². The van der Waals surface area contributed by atoms with Crippen LogP contribution in [-0.2, 0) is 0 Å². The normalized spacial score (nSPS) is 38.3. The molecule has 1 aliphatic carbocycles. The van der Waals surface area contributed by atoms with Crippen LogP contribution in [0.25, 0.3) is 0 Å². The number of ketones is 1. The fraction of sp³-hybridized carbons (Fsp3) is 0.688. The molecule has 8 nitrogen and oxygen atoms in total. The molecule has 24 heavy (non-hydrogen) atoms. The summed E-state index contributed by atoms with van der Waals surface area (Å²) in [5.41, 5.74) is 0.314. The SMILES string of the molecule is CC1CC(O)C2C(=O)c3ncn([C@@H]4C[C@H](CO)[C@@H](O)C4)c3NC2=N1. The van der Waals surface area contributed by atoms with E-state index in [4.69, 9.17) is 0 Å². The van der Waals surface area contributed by atoms with Crippen LogP contribution in [0.4, 0.5) is 5.82 Å². The Labute approximate surface area is 139 Å². The number of imidazole rings is 1. The molecule has 1 aromatic rings. The van der Waals surface area contributed by atoms with Crippen molar-refractivity contribution in [2.24, 2.45) is 16.8 Å². The molecule has 3 unspecified atom stereocenters. The van der Waals surface area contributed by atoms with Gasteiger partial charge in [-0.1, -0.05) is 0 Å². The molecule has 130 valence electrons. The number of amidine groups is 1. The summed E-state index contributed by atoms with van der Waals surface area (Å²) < 4.78 is 1.86. The third kappa shape index (κ3) is 2.28. The minimum absolute atomic E-state index is 0.0308. The average Bonchev–Trinajstić information content (AvgIpc) is 3.09. The summed E-state index contributed by atoms with van der Waals surface area (Å²) in [5.74, 6) is 0.0353. The van der Waals surface area contributed by atoms with E-state index in [0.717, 1.165) is 0 Å². The summed E-state index contributed by atoms with van der Waals surface area (Å²) in [5, 5.41) is 32.8. The van der Waals surface area contributed by atoms with Crippen molar-refractivity contribution in [3.63, 3.8) is 0 Å². The van der Waals surface area contributed by atoms with Crippen LogP contribution in [0.5, 0.6) is 0 Å². The molecule has 0 amide bonds. The highest BCUT2D eigenvalue weighted by atomic mass is 16.3. The van der Waals surface area contributed by atoms with Crippen LogP contribution in [0.3, 0.4) is 0 Å². The molecule has 2 aliphatic heterocycles. The van der Waals surface area contributed by atoms with Gasteiger partial charge in [-0.15, -0.1) is 0 Å². The maximum absolute atomic E-state index is 12.7. The van der Waals surface area contributed by atoms with E-state index >= 15 is 0 Å². The molecule has 0 saturated heterocycles. The van der Waals surface area contributed by atoms with E-state index in [1.165, 1.54) is 0 Å². The summed E-state index contributed by atoms with van der Waals surface area (Å²) in [6.07, 6.45) is 1.90. The van der Waals surface area contributed by atoms with Crippen LogP contribution in [0.15, 0.2) is 11.3 Å². The monoisotopic (exact) mass is 334 g/mol. The van der Waals surface area contributed by atoms with E-state index in [1.54, 1.807) is 6.33 Å². The van der Waals surface area contributed by atoms with Crippen LogP contribution in [-0.4, -0.2) is 61.3 Å². The first-order chi connectivity index (χ1) is 11.5. The Morgan fingerprint density at radius 3 is 2.79 bits per heavy atom. The van der Waals surface area contributed by atoms with Crippen LogP contribution >= 0.6 is 0 Å². The third-order valence-corrected chi connectivity index (χ3v) is 5.44. The van der Waals surface area contributed by atoms with Gasteiger partial charge in [0.1, 0.15) is 23.3 Å².